The van der Waals surface area contributed by atoms with Gasteiger partial charge in [0.2, 0.25) is 0 Å². The largest absolute Gasteiger partial charge is 0.368 e. The second-order valence-electron chi connectivity index (χ2n) is 3.05. The zero-order valence-corrected chi connectivity index (χ0v) is 7.83. The van der Waals surface area contributed by atoms with Gasteiger partial charge < -0.3 is 5.32 Å². The van der Waals surface area contributed by atoms with Crippen molar-refractivity contribution >= 4 is 5.82 Å². The summed E-state index contributed by atoms with van der Waals surface area (Å²) in [7, 11) is 0. The molecule has 1 heterocycles. The molecule has 0 aromatic carbocycles. The van der Waals surface area contributed by atoms with Crippen molar-refractivity contribution in [3.8, 4) is 0 Å². The second kappa shape index (κ2) is 4.04. The number of aromatic nitrogens is 2. The molecule has 0 fully saturated rings. The third-order valence-corrected chi connectivity index (χ3v) is 1.59. The maximum atomic E-state index is 4.17. The van der Waals surface area contributed by atoms with Gasteiger partial charge in [-0.25, -0.2) is 9.97 Å². The van der Waals surface area contributed by atoms with Crippen LogP contribution in [-0.4, -0.2) is 16.0 Å². The number of nitrogens with zero attached hydrogens (tertiary/aromatic N) is 2. The van der Waals surface area contributed by atoms with Gasteiger partial charge >= 0.3 is 0 Å². The molecular weight excluding hydrogens is 150 g/mol. The van der Waals surface area contributed by atoms with Crippen LogP contribution in [0, 0.1) is 0 Å². The Labute approximate surface area is 73.2 Å². The van der Waals surface area contributed by atoms with Gasteiger partial charge in [-0.15, -0.1) is 0 Å². The van der Waals surface area contributed by atoms with E-state index < -0.39 is 0 Å². The molecule has 3 heteroatoms. The molecule has 1 N–H and O–H groups in total. The highest BCUT2D eigenvalue weighted by molar-refractivity contribution is 5.42. The lowest BCUT2D eigenvalue weighted by molar-refractivity contribution is 0.876. The third-order valence-electron chi connectivity index (χ3n) is 1.59. The van der Waals surface area contributed by atoms with Crippen LogP contribution >= 0.6 is 0 Å². The first-order chi connectivity index (χ1) is 5.74. The fourth-order valence-electron chi connectivity index (χ4n) is 1.02. The summed E-state index contributed by atoms with van der Waals surface area (Å²) in [5.41, 5.74) is 1.17. The van der Waals surface area contributed by atoms with Gasteiger partial charge in [0.1, 0.15) is 12.1 Å². The highest BCUT2D eigenvalue weighted by Gasteiger charge is 2.01. The fourth-order valence-corrected chi connectivity index (χ4v) is 1.02. The Balaban J connectivity index is 2.82. The van der Waals surface area contributed by atoms with Gasteiger partial charge in [0.05, 0.1) is 0 Å². The zero-order chi connectivity index (χ0) is 8.97. The molecular formula is C9H15N3. The summed E-state index contributed by atoms with van der Waals surface area (Å²) in [4.78, 5) is 8.14. The van der Waals surface area contributed by atoms with Crippen molar-refractivity contribution in [3.05, 3.63) is 18.1 Å². The summed E-state index contributed by atoms with van der Waals surface area (Å²) in [6.07, 6.45) is 4.40. The van der Waals surface area contributed by atoms with Crippen molar-refractivity contribution in [1.82, 2.24) is 9.97 Å². The van der Waals surface area contributed by atoms with E-state index in [1.165, 1.54) is 5.56 Å². The summed E-state index contributed by atoms with van der Waals surface area (Å²) in [5.74, 6) is 0.961. The minimum absolute atomic E-state index is 0.421. The molecule has 3 nitrogen and oxygen atoms in total. The van der Waals surface area contributed by atoms with E-state index >= 15 is 0 Å². The lowest BCUT2D eigenvalue weighted by Crippen LogP contribution is -2.12. The minimum Gasteiger partial charge on any atom is -0.368 e. The van der Waals surface area contributed by atoms with Gasteiger partial charge in [-0.05, 0) is 20.3 Å². The molecule has 0 spiro atoms. The molecule has 1 rings (SSSR count). The molecule has 66 valence electrons. The Morgan fingerprint density at radius 2 is 2.25 bits per heavy atom. The monoisotopic (exact) mass is 165 g/mol. The van der Waals surface area contributed by atoms with Crippen molar-refractivity contribution in [2.45, 2.75) is 33.2 Å². The van der Waals surface area contributed by atoms with E-state index in [2.05, 4.69) is 36.1 Å². The number of rotatable bonds is 3. The lowest BCUT2D eigenvalue weighted by atomic mass is 10.2. The van der Waals surface area contributed by atoms with Crippen LogP contribution in [0.15, 0.2) is 12.5 Å². The van der Waals surface area contributed by atoms with Crippen LogP contribution in [0.3, 0.4) is 0 Å². The molecule has 0 atom stereocenters. The van der Waals surface area contributed by atoms with E-state index in [0.29, 0.717) is 6.04 Å². The Morgan fingerprint density at radius 1 is 1.50 bits per heavy atom. The highest BCUT2D eigenvalue weighted by Crippen LogP contribution is 2.10. The Bertz CT molecular complexity index is 245. The minimum atomic E-state index is 0.421. The molecule has 0 aliphatic heterocycles. The Hall–Kier alpha value is -1.12. The molecule has 1 aromatic rings. The van der Waals surface area contributed by atoms with Crippen LogP contribution in [0.5, 0.6) is 0 Å². The first kappa shape index (κ1) is 8.97. The number of nitrogens with one attached hydrogen (secondary N) is 1. The van der Waals surface area contributed by atoms with Gasteiger partial charge in [0.15, 0.2) is 0 Å². The van der Waals surface area contributed by atoms with Crippen LogP contribution in [0.4, 0.5) is 5.82 Å². The van der Waals surface area contributed by atoms with Gasteiger partial charge in [-0.3, -0.25) is 0 Å². The van der Waals surface area contributed by atoms with E-state index in [0.717, 1.165) is 12.2 Å². The lowest BCUT2D eigenvalue weighted by Gasteiger charge is -2.11. The predicted molar refractivity (Wildman–Crippen MR) is 50.2 cm³/mol. The van der Waals surface area contributed by atoms with Crippen LogP contribution in [0.2, 0.25) is 0 Å². The predicted octanol–water partition coefficient (Wildman–Crippen LogP) is 1.86. The highest BCUT2D eigenvalue weighted by atomic mass is 15.0. The Kier molecular flexibility index (Phi) is 3.02. The average Bonchev–Trinajstić information content (AvgIpc) is 2.04. The SMILES string of the molecule is CCc1cncnc1NC(C)C. The molecule has 0 unspecified atom stereocenters. The van der Waals surface area contributed by atoms with Crippen LogP contribution < -0.4 is 5.32 Å². The number of hydrogen-bond acceptors (Lipinski definition) is 3. The number of hydrogen-bond donors (Lipinski definition) is 1. The summed E-state index contributed by atoms with van der Waals surface area (Å²) < 4.78 is 0. The van der Waals surface area contributed by atoms with Crippen LogP contribution in [-0.2, 0) is 6.42 Å². The maximum absolute atomic E-state index is 4.17. The fraction of sp³-hybridized carbons (Fsp3) is 0.556. The summed E-state index contributed by atoms with van der Waals surface area (Å²) >= 11 is 0. The van der Waals surface area contributed by atoms with Gasteiger partial charge in [0.25, 0.3) is 0 Å². The van der Waals surface area contributed by atoms with Crippen LogP contribution in [0.25, 0.3) is 0 Å². The zero-order valence-electron chi connectivity index (χ0n) is 7.83. The average molecular weight is 165 g/mol. The molecule has 1 aromatic heterocycles. The summed E-state index contributed by atoms with van der Waals surface area (Å²) in [6.45, 7) is 6.30. The van der Waals surface area contributed by atoms with Crippen molar-refractivity contribution < 1.29 is 0 Å². The molecule has 0 saturated carbocycles. The Morgan fingerprint density at radius 3 is 2.83 bits per heavy atom. The van der Waals surface area contributed by atoms with E-state index in [-0.39, 0.29) is 0 Å². The molecule has 0 radical (unpaired) electrons. The van der Waals surface area contributed by atoms with E-state index in [9.17, 15) is 0 Å². The quantitative estimate of drug-likeness (QED) is 0.742. The van der Waals surface area contributed by atoms with Crippen molar-refractivity contribution in [1.29, 1.82) is 0 Å². The standard InChI is InChI=1S/C9H15N3/c1-4-8-5-10-6-11-9(8)12-7(2)3/h5-7H,4H2,1-3H3,(H,10,11,12). The third kappa shape index (κ3) is 2.19. The van der Waals surface area contributed by atoms with Crippen molar-refractivity contribution in [2.75, 3.05) is 5.32 Å². The normalized spacial score (nSPS) is 10.3. The molecule has 0 aliphatic carbocycles. The molecule has 0 bridgehead atoms. The smallest absolute Gasteiger partial charge is 0.132 e. The van der Waals surface area contributed by atoms with Crippen molar-refractivity contribution in [3.63, 3.8) is 0 Å². The van der Waals surface area contributed by atoms with E-state index in [1.54, 1.807) is 6.33 Å². The first-order valence-corrected chi connectivity index (χ1v) is 4.29. The topological polar surface area (TPSA) is 37.8 Å². The first-order valence-electron chi connectivity index (χ1n) is 4.29. The summed E-state index contributed by atoms with van der Waals surface area (Å²) in [5, 5.41) is 3.27. The molecule has 12 heavy (non-hydrogen) atoms. The van der Waals surface area contributed by atoms with E-state index in [4.69, 9.17) is 0 Å². The maximum Gasteiger partial charge on any atom is 0.132 e. The molecule has 0 amide bonds. The van der Waals surface area contributed by atoms with Crippen molar-refractivity contribution in [2.24, 2.45) is 0 Å². The van der Waals surface area contributed by atoms with Crippen LogP contribution in [0.1, 0.15) is 26.3 Å². The number of aryl methyl sites for hydroxylation is 1. The van der Waals surface area contributed by atoms with Gasteiger partial charge in [-0.1, -0.05) is 6.92 Å². The van der Waals surface area contributed by atoms with E-state index in [1.807, 2.05) is 6.20 Å². The van der Waals surface area contributed by atoms with Gasteiger partial charge in [-0.2, -0.15) is 0 Å². The summed E-state index contributed by atoms with van der Waals surface area (Å²) in [6, 6.07) is 0.421. The van der Waals surface area contributed by atoms with Gasteiger partial charge in [0, 0.05) is 17.8 Å². The number of anilines is 1. The molecule has 0 aliphatic rings. The second-order valence-corrected chi connectivity index (χ2v) is 3.05. The molecule has 0 saturated heterocycles.